The first-order valence-corrected chi connectivity index (χ1v) is 10.2. The van der Waals surface area contributed by atoms with E-state index in [4.69, 9.17) is 11.6 Å². The summed E-state index contributed by atoms with van der Waals surface area (Å²) in [7, 11) is 4.11. The molecular formula is C20H32ClN5. The average molecular weight is 378 g/mol. The van der Waals surface area contributed by atoms with Crippen LogP contribution in [0.15, 0.2) is 29.3 Å². The Hall–Kier alpha value is -1.46. The van der Waals surface area contributed by atoms with Crippen molar-refractivity contribution >= 4 is 23.2 Å². The van der Waals surface area contributed by atoms with E-state index in [1.54, 1.807) is 0 Å². The third-order valence-electron chi connectivity index (χ3n) is 5.66. The lowest BCUT2D eigenvalue weighted by Gasteiger charge is -2.38. The minimum Gasteiger partial charge on any atom is -0.367 e. The van der Waals surface area contributed by atoms with Crippen molar-refractivity contribution in [3.63, 3.8) is 0 Å². The van der Waals surface area contributed by atoms with Crippen LogP contribution in [0.4, 0.5) is 5.69 Å². The number of likely N-dealkylation sites (tertiary alicyclic amines) is 1. The zero-order valence-electron chi connectivity index (χ0n) is 16.1. The molecule has 3 rings (SSSR count). The maximum absolute atomic E-state index is 6.34. The Morgan fingerprint density at radius 3 is 2.46 bits per heavy atom. The van der Waals surface area contributed by atoms with E-state index in [0.717, 1.165) is 55.3 Å². The Balaban J connectivity index is 1.43. The molecule has 5 nitrogen and oxygen atoms in total. The summed E-state index contributed by atoms with van der Waals surface area (Å²) in [6.07, 6.45) is 3.90. The van der Waals surface area contributed by atoms with Crippen LogP contribution in [0.1, 0.15) is 19.3 Å². The van der Waals surface area contributed by atoms with Crippen LogP contribution in [-0.4, -0.2) is 75.7 Å². The van der Waals surface area contributed by atoms with Gasteiger partial charge in [0.15, 0.2) is 5.96 Å². The molecule has 2 aliphatic rings. The largest absolute Gasteiger partial charge is 0.367 e. The Labute approximate surface area is 163 Å². The van der Waals surface area contributed by atoms with Crippen LogP contribution >= 0.6 is 11.6 Å². The highest BCUT2D eigenvalue weighted by atomic mass is 35.5. The second kappa shape index (κ2) is 9.47. The summed E-state index contributed by atoms with van der Waals surface area (Å²) < 4.78 is 0. The lowest BCUT2D eigenvalue weighted by molar-refractivity contribution is 0.212. The molecule has 0 saturated carbocycles. The van der Waals surface area contributed by atoms with Crippen LogP contribution in [0.3, 0.4) is 0 Å². The average Bonchev–Trinajstić information content (AvgIpc) is 2.67. The van der Waals surface area contributed by atoms with Gasteiger partial charge in [0.2, 0.25) is 0 Å². The first-order valence-electron chi connectivity index (χ1n) is 9.81. The molecule has 144 valence electrons. The van der Waals surface area contributed by atoms with Gasteiger partial charge in [-0.1, -0.05) is 23.7 Å². The van der Waals surface area contributed by atoms with Gasteiger partial charge < -0.3 is 20.0 Å². The fourth-order valence-corrected chi connectivity index (χ4v) is 4.19. The zero-order valence-corrected chi connectivity index (χ0v) is 16.9. The van der Waals surface area contributed by atoms with Crippen molar-refractivity contribution in [3.8, 4) is 0 Å². The monoisotopic (exact) mass is 377 g/mol. The van der Waals surface area contributed by atoms with Crippen LogP contribution < -0.4 is 10.2 Å². The number of rotatable bonds is 4. The third-order valence-corrected chi connectivity index (χ3v) is 5.98. The second-order valence-corrected chi connectivity index (χ2v) is 7.84. The van der Waals surface area contributed by atoms with Crippen molar-refractivity contribution in [1.82, 2.24) is 15.1 Å². The summed E-state index contributed by atoms with van der Waals surface area (Å²) in [5.41, 5.74) is 1.14. The Morgan fingerprint density at radius 2 is 1.81 bits per heavy atom. The number of guanidine groups is 1. The van der Waals surface area contributed by atoms with E-state index in [9.17, 15) is 0 Å². The smallest absolute Gasteiger partial charge is 0.193 e. The Bertz CT molecular complexity index is 590. The second-order valence-electron chi connectivity index (χ2n) is 7.43. The number of hydrogen-bond acceptors (Lipinski definition) is 3. The van der Waals surface area contributed by atoms with Crippen LogP contribution in [0.5, 0.6) is 0 Å². The summed E-state index contributed by atoms with van der Waals surface area (Å²) in [4.78, 5) is 11.7. The number of halogens is 1. The van der Waals surface area contributed by atoms with Gasteiger partial charge >= 0.3 is 0 Å². The van der Waals surface area contributed by atoms with Gasteiger partial charge in [-0.3, -0.25) is 4.99 Å². The maximum atomic E-state index is 6.34. The molecule has 0 unspecified atom stereocenters. The molecule has 0 amide bonds. The number of para-hydroxylation sites is 1. The molecule has 2 heterocycles. The fraction of sp³-hybridized carbons (Fsp3) is 0.650. The molecule has 2 aliphatic heterocycles. The van der Waals surface area contributed by atoms with E-state index in [1.165, 1.54) is 32.4 Å². The van der Waals surface area contributed by atoms with E-state index in [0.29, 0.717) is 0 Å². The van der Waals surface area contributed by atoms with Gasteiger partial charge in [-0.2, -0.15) is 0 Å². The predicted molar refractivity (Wildman–Crippen MR) is 111 cm³/mol. The Kier molecular flexibility index (Phi) is 7.03. The van der Waals surface area contributed by atoms with E-state index in [2.05, 4.69) is 44.2 Å². The van der Waals surface area contributed by atoms with Gasteiger partial charge in [-0.15, -0.1) is 0 Å². The van der Waals surface area contributed by atoms with E-state index in [1.807, 2.05) is 19.2 Å². The Morgan fingerprint density at radius 1 is 1.12 bits per heavy atom. The molecule has 0 aliphatic carbocycles. The highest BCUT2D eigenvalue weighted by molar-refractivity contribution is 6.33. The number of piperazine rings is 1. The SMILES string of the molecule is CN=C(NCCC1CCN(C)CC1)N1CCN(c2ccccc2Cl)CC1. The predicted octanol–water partition coefficient (Wildman–Crippen LogP) is 2.77. The molecule has 0 atom stereocenters. The number of nitrogens with one attached hydrogen (secondary N) is 1. The van der Waals surface area contributed by atoms with Crippen molar-refractivity contribution in [2.45, 2.75) is 19.3 Å². The molecule has 6 heteroatoms. The molecule has 2 saturated heterocycles. The van der Waals surface area contributed by atoms with Crippen LogP contribution in [0.25, 0.3) is 0 Å². The molecule has 0 spiro atoms. The number of piperidine rings is 1. The van der Waals surface area contributed by atoms with Gasteiger partial charge in [0, 0.05) is 39.8 Å². The van der Waals surface area contributed by atoms with Crippen molar-refractivity contribution in [2.24, 2.45) is 10.9 Å². The minimum absolute atomic E-state index is 0.835. The maximum Gasteiger partial charge on any atom is 0.193 e. The van der Waals surface area contributed by atoms with Gasteiger partial charge in [0.1, 0.15) is 0 Å². The van der Waals surface area contributed by atoms with Crippen molar-refractivity contribution in [1.29, 1.82) is 0 Å². The lowest BCUT2D eigenvalue weighted by atomic mass is 9.94. The van der Waals surface area contributed by atoms with Gasteiger partial charge in [0.25, 0.3) is 0 Å². The summed E-state index contributed by atoms with van der Waals surface area (Å²) in [6.45, 7) is 7.38. The minimum atomic E-state index is 0.835. The standard InChI is InChI=1S/C20H32ClN5/c1-22-20(23-10-7-17-8-11-24(2)12-9-17)26-15-13-25(14-16-26)19-6-4-3-5-18(19)21/h3-6,17H,7-16H2,1-2H3,(H,22,23). The summed E-state index contributed by atoms with van der Waals surface area (Å²) in [5.74, 6) is 1.89. The fourth-order valence-electron chi connectivity index (χ4n) is 3.94. The molecular weight excluding hydrogens is 346 g/mol. The van der Waals surface area contributed by atoms with Crippen LogP contribution in [0, 0.1) is 5.92 Å². The third kappa shape index (κ3) is 5.04. The van der Waals surface area contributed by atoms with Crippen molar-refractivity contribution in [3.05, 3.63) is 29.3 Å². The van der Waals surface area contributed by atoms with Crippen molar-refractivity contribution < 1.29 is 0 Å². The summed E-state index contributed by atoms with van der Waals surface area (Å²) in [5, 5.41) is 4.42. The lowest BCUT2D eigenvalue weighted by Crippen LogP contribution is -2.52. The van der Waals surface area contributed by atoms with E-state index >= 15 is 0 Å². The molecule has 2 fully saturated rings. The first kappa shape index (κ1) is 19.3. The van der Waals surface area contributed by atoms with E-state index in [-0.39, 0.29) is 0 Å². The number of nitrogens with zero attached hydrogens (tertiary/aromatic N) is 4. The number of hydrogen-bond donors (Lipinski definition) is 1. The van der Waals surface area contributed by atoms with Gasteiger partial charge in [-0.25, -0.2) is 0 Å². The van der Waals surface area contributed by atoms with Crippen molar-refractivity contribution in [2.75, 3.05) is 64.8 Å². The zero-order chi connectivity index (χ0) is 18.4. The topological polar surface area (TPSA) is 34.1 Å². The highest BCUT2D eigenvalue weighted by Crippen LogP contribution is 2.26. The quantitative estimate of drug-likeness (QED) is 0.646. The normalized spacial score (nSPS) is 20.5. The van der Waals surface area contributed by atoms with Gasteiger partial charge in [-0.05, 0) is 57.5 Å². The molecule has 0 aromatic heterocycles. The molecule has 1 aromatic rings. The molecule has 0 radical (unpaired) electrons. The highest BCUT2D eigenvalue weighted by Gasteiger charge is 2.21. The van der Waals surface area contributed by atoms with Crippen LogP contribution in [-0.2, 0) is 0 Å². The van der Waals surface area contributed by atoms with Crippen LogP contribution in [0.2, 0.25) is 5.02 Å². The molecule has 0 bridgehead atoms. The van der Waals surface area contributed by atoms with Gasteiger partial charge in [0.05, 0.1) is 10.7 Å². The first-order chi connectivity index (χ1) is 12.7. The number of aliphatic imine (C=N–C) groups is 1. The summed E-state index contributed by atoms with van der Waals surface area (Å²) >= 11 is 6.34. The molecule has 26 heavy (non-hydrogen) atoms. The number of benzene rings is 1. The van der Waals surface area contributed by atoms with E-state index < -0.39 is 0 Å². The molecule has 1 aromatic carbocycles. The summed E-state index contributed by atoms with van der Waals surface area (Å²) in [6, 6.07) is 8.11. The number of anilines is 1. The molecule has 1 N–H and O–H groups in total.